The predicted octanol–water partition coefficient (Wildman–Crippen LogP) is 4.51. The highest BCUT2D eigenvalue weighted by Crippen LogP contribution is 2.24. The molecule has 1 aliphatic heterocycles. The molecule has 0 fully saturated rings. The van der Waals surface area contributed by atoms with Crippen molar-refractivity contribution in [1.29, 1.82) is 0 Å². The van der Waals surface area contributed by atoms with E-state index in [1.165, 1.54) is 12.1 Å². The molecule has 182 valence electrons. The van der Waals surface area contributed by atoms with Crippen molar-refractivity contribution in [3.05, 3.63) is 95.6 Å². The van der Waals surface area contributed by atoms with Crippen molar-refractivity contribution >= 4 is 17.5 Å². The Bertz CT molecular complexity index is 1150. The molecule has 4 rings (SSSR count). The van der Waals surface area contributed by atoms with Crippen LogP contribution in [0.5, 0.6) is 0 Å². The molecule has 3 aromatic rings. The third-order valence-electron chi connectivity index (χ3n) is 6.25. The van der Waals surface area contributed by atoms with E-state index in [4.69, 9.17) is 0 Å². The molecule has 0 spiro atoms. The first-order valence-electron chi connectivity index (χ1n) is 12.0. The van der Waals surface area contributed by atoms with Crippen LogP contribution in [0.3, 0.4) is 0 Å². The summed E-state index contributed by atoms with van der Waals surface area (Å²) < 4.78 is 13.9. The van der Waals surface area contributed by atoms with Gasteiger partial charge in [-0.05, 0) is 54.8 Å². The molecule has 1 aromatic heterocycles. The molecule has 7 heteroatoms. The van der Waals surface area contributed by atoms with E-state index in [0.717, 1.165) is 42.9 Å². The van der Waals surface area contributed by atoms with Gasteiger partial charge in [0.25, 0.3) is 5.91 Å². The fourth-order valence-electron chi connectivity index (χ4n) is 4.55. The molecule has 0 saturated heterocycles. The maximum absolute atomic E-state index is 13.9. The van der Waals surface area contributed by atoms with Crippen LogP contribution in [0.25, 0.3) is 0 Å². The van der Waals surface area contributed by atoms with Crippen molar-refractivity contribution in [3.63, 3.8) is 0 Å². The van der Waals surface area contributed by atoms with Crippen LogP contribution in [0, 0.1) is 5.82 Å². The molecule has 2 aromatic carbocycles. The summed E-state index contributed by atoms with van der Waals surface area (Å²) in [5.74, 6) is -0.689. The van der Waals surface area contributed by atoms with Gasteiger partial charge >= 0.3 is 0 Å². The molecule has 35 heavy (non-hydrogen) atoms. The second-order valence-electron chi connectivity index (χ2n) is 8.84. The number of aromatic nitrogens is 1. The summed E-state index contributed by atoms with van der Waals surface area (Å²) in [6, 6.07) is 19.4. The fraction of sp³-hybridized carbons (Fsp3) is 0.321. The smallest absolute Gasteiger partial charge is 0.254 e. The summed E-state index contributed by atoms with van der Waals surface area (Å²) in [6.07, 6.45) is 3.39. The number of hydrogen-bond donors (Lipinski definition) is 0. The van der Waals surface area contributed by atoms with Gasteiger partial charge in [-0.2, -0.15) is 0 Å². The number of para-hydroxylation sites is 1. The molecular formula is C28H31FN4O2. The molecule has 0 radical (unpaired) electrons. The van der Waals surface area contributed by atoms with E-state index < -0.39 is 5.82 Å². The summed E-state index contributed by atoms with van der Waals surface area (Å²) in [5, 5.41) is 0. The summed E-state index contributed by atoms with van der Waals surface area (Å²) in [6.45, 7) is 5.31. The van der Waals surface area contributed by atoms with Crippen LogP contribution < -0.4 is 4.90 Å². The molecule has 2 amide bonds. The minimum Gasteiger partial charge on any atom is -0.334 e. The first-order valence-corrected chi connectivity index (χ1v) is 12.0. The number of carbonyl (C=O) groups is 2. The first-order chi connectivity index (χ1) is 17.0. The first kappa shape index (κ1) is 24.5. The minimum atomic E-state index is -0.435. The van der Waals surface area contributed by atoms with E-state index in [2.05, 4.69) is 9.88 Å². The standard InChI is InChI=1S/C28H31FN4O2/c1-22(34)33-18-8-16-31(21-26-12-4-5-14-30-26)15-7-17-32(20-24-9-2-3-13-27(24)33)28(35)23-10-6-11-25(29)19-23/h2-6,9-14,19H,7-8,15-18,20-21H2,1H3. The average Bonchev–Trinajstić information content (AvgIpc) is 2.85. The summed E-state index contributed by atoms with van der Waals surface area (Å²) in [7, 11) is 0. The predicted molar refractivity (Wildman–Crippen MR) is 134 cm³/mol. The minimum absolute atomic E-state index is 0.0335. The lowest BCUT2D eigenvalue weighted by Crippen LogP contribution is -2.38. The summed E-state index contributed by atoms with van der Waals surface area (Å²) in [4.78, 5) is 36.4. The van der Waals surface area contributed by atoms with Crippen molar-refractivity contribution in [2.75, 3.05) is 31.1 Å². The van der Waals surface area contributed by atoms with Crippen molar-refractivity contribution in [2.45, 2.75) is 32.9 Å². The topological polar surface area (TPSA) is 56.8 Å². The van der Waals surface area contributed by atoms with Gasteiger partial charge in [-0.1, -0.05) is 30.3 Å². The van der Waals surface area contributed by atoms with Crippen molar-refractivity contribution < 1.29 is 14.0 Å². The molecular weight excluding hydrogens is 443 g/mol. The quantitative estimate of drug-likeness (QED) is 0.561. The molecule has 0 atom stereocenters. The van der Waals surface area contributed by atoms with Gasteiger partial charge in [-0.3, -0.25) is 19.5 Å². The lowest BCUT2D eigenvalue weighted by atomic mass is 10.1. The SMILES string of the molecule is CC(=O)N1CCCN(Cc2ccccn2)CCCN(C(=O)c2cccc(F)c2)Cc2ccccc21. The van der Waals surface area contributed by atoms with Crippen LogP contribution in [0.2, 0.25) is 0 Å². The molecule has 0 bridgehead atoms. The number of amides is 2. The molecule has 2 heterocycles. The largest absolute Gasteiger partial charge is 0.334 e. The normalized spacial score (nSPS) is 15.6. The highest BCUT2D eigenvalue weighted by molar-refractivity contribution is 5.95. The van der Waals surface area contributed by atoms with Gasteiger partial charge in [0.15, 0.2) is 0 Å². The van der Waals surface area contributed by atoms with Crippen LogP contribution in [-0.2, 0) is 17.9 Å². The van der Waals surface area contributed by atoms with Crippen LogP contribution in [0.1, 0.15) is 41.4 Å². The third-order valence-corrected chi connectivity index (χ3v) is 6.25. The van der Waals surface area contributed by atoms with Gasteiger partial charge in [0, 0.05) is 63.6 Å². The molecule has 1 aliphatic rings. The van der Waals surface area contributed by atoms with E-state index >= 15 is 0 Å². The highest BCUT2D eigenvalue weighted by atomic mass is 19.1. The highest BCUT2D eigenvalue weighted by Gasteiger charge is 2.22. The van der Waals surface area contributed by atoms with Crippen molar-refractivity contribution in [1.82, 2.24) is 14.8 Å². The van der Waals surface area contributed by atoms with E-state index in [-0.39, 0.29) is 11.8 Å². The number of fused-ring (bicyclic) bond motifs is 1. The van der Waals surface area contributed by atoms with Crippen LogP contribution >= 0.6 is 0 Å². The number of nitrogens with zero attached hydrogens (tertiary/aromatic N) is 4. The average molecular weight is 475 g/mol. The Balaban J connectivity index is 1.63. The second kappa shape index (κ2) is 11.7. The molecule has 0 aliphatic carbocycles. The molecule has 0 N–H and O–H groups in total. The molecule has 0 unspecified atom stereocenters. The van der Waals surface area contributed by atoms with Gasteiger partial charge in [-0.15, -0.1) is 0 Å². The molecule has 6 nitrogen and oxygen atoms in total. The second-order valence-corrected chi connectivity index (χ2v) is 8.84. The maximum Gasteiger partial charge on any atom is 0.254 e. The van der Waals surface area contributed by atoms with E-state index in [9.17, 15) is 14.0 Å². The Labute approximate surface area is 206 Å². The lowest BCUT2D eigenvalue weighted by molar-refractivity contribution is -0.116. The lowest BCUT2D eigenvalue weighted by Gasteiger charge is -2.31. The van der Waals surface area contributed by atoms with Crippen molar-refractivity contribution in [2.24, 2.45) is 0 Å². The zero-order chi connectivity index (χ0) is 24.6. The fourth-order valence-corrected chi connectivity index (χ4v) is 4.55. The van der Waals surface area contributed by atoms with Crippen LogP contribution in [0.4, 0.5) is 10.1 Å². The number of hydrogen-bond acceptors (Lipinski definition) is 4. The number of rotatable bonds is 3. The number of carbonyl (C=O) groups excluding carboxylic acids is 2. The summed E-state index contributed by atoms with van der Waals surface area (Å²) in [5.41, 5.74) is 3.02. The number of halogens is 1. The van der Waals surface area contributed by atoms with Crippen molar-refractivity contribution in [3.8, 4) is 0 Å². The van der Waals surface area contributed by atoms with Gasteiger partial charge in [0.1, 0.15) is 5.82 Å². The van der Waals surface area contributed by atoms with Gasteiger partial charge in [0.05, 0.1) is 5.69 Å². The van der Waals surface area contributed by atoms with E-state index in [1.807, 2.05) is 42.5 Å². The Hall–Kier alpha value is -3.58. The van der Waals surface area contributed by atoms with E-state index in [0.29, 0.717) is 31.7 Å². The Morgan fingerprint density at radius 3 is 2.43 bits per heavy atom. The monoisotopic (exact) mass is 474 g/mol. The van der Waals surface area contributed by atoms with Gasteiger partial charge < -0.3 is 9.80 Å². The van der Waals surface area contributed by atoms with Crippen LogP contribution in [0.15, 0.2) is 72.9 Å². The third kappa shape index (κ3) is 6.51. The number of anilines is 1. The van der Waals surface area contributed by atoms with Gasteiger partial charge in [0.2, 0.25) is 5.91 Å². The Morgan fingerprint density at radius 2 is 1.69 bits per heavy atom. The zero-order valence-electron chi connectivity index (χ0n) is 20.1. The zero-order valence-corrected chi connectivity index (χ0v) is 20.1. The summed E-state index contributed by atoms with van der Waals surface area (Å²) >= 11 is 0. The maximum atomic E-state index is 13.9. The Kier molecular flexibility index (Phi) is 8.21. The van der Waals surface area contributed by atoms with E-state index in [1.54, 1.807) is 35.1 Å². The number of pyridine rings is 1. The van der Waals surface area contributed by atoms with Crippen LogP contribution in [-0.4, -0.2) is 52.8 Å². The Morgan fingerprint density at radius 1 is 0.914 bits per heavy atom. The van der Waals surface area contributed by atoms with Gasteiger partial charge in [-0.25, -0.2) is 4.39 Å². The molecule has 0 saturated carbocycles. The number of benzene rings is 2.